The van der Waals surface area contributed by atoms with Gasteiger partial charge < -0.3 is 0 Å². The largest absolute Gasteiger partial charge is 0.248 e. The zero-order valence-corrected chi connectivity index (χ0v) is 9.94. The third-order valence-corrected chi connectivity index (χ3v) is 1.81. The van der Waals surface area contributed by atoms with Gasteiger partial charge in [-0.3, -0.25) is 0 Å². The molecule has 0 bridgehead atoms. The Balaban J connectivity index is 0. The maximum Gasteiger partial charge on any atom is 0.0999 e. The standard InChI is InChI=1S/C9H19F.HI/c1-3-5-6-7-8-9(10)4-2;/h9H,3-8H2,1-2H3;1H. The molecule has 0 fully saturated rings. The van der Waals surface area contributed by atoms with E-state index in [9.17, 15) is 4.39 Å². The molecule has 0 aromatic heterocycles. The van der Waals surface area contributed by atoms with Crippen LogP contribution in [0, 0.1) is 0 Å². The molecule has 0 aromatic carbocycles. The molecule has 0 aliphatic heterocycles. The van der Waals surface area contributed by atoms with Gasteiger partial charge in [0.2, 0.25) is 0 Å². The number of halogens is 2. The van der Waals surface area contributed by atoms with Crippen LogP contribution < -0.4 is 0 Å². The maximum absolute atomic E-state index is 12.6. The van der Waals surface area contributed by atoms with Gasteiger partial charge in [0.15, 0.2) is 0 Å². The van der Waals surface area contributed by atoms with Crippen molar-refractivity contribution in [3.05, 3.63) is 0 Å². The van der Waals surface area contributed by atoms with Gasteiger partial charge in [0.05, 0.1) is 6.17 Å². The van der Waals surface area contributed by atoms with Gasteiger partial charge in [0.1, 0.15) is 0 Å². The van der Waals surface area contributed by atoms with E-state index in [1.165, 1.54) is 19.3 Å². The van der Waals surface area contributed by atoms with Gasteiger partial charge in [-0.2, -0.15) is 0 Å². The Kier molecular flexibility index (Phi) is 13.8. The summed E-state index contributed by atoms with van der Waals surface area (Å²) in [5, 5.41) is 0. The van der Waals surface area contributed by atoms with Crippen LogP contribution in [-0.4, -0.2) is 6.17 Å². The normalized spacial score (nSPS) is 12.3. The third kappa shape index (κ3) is 10.7. The zero-order chi connectivity index (χ0) is 7.82. The van der Waals surface area contributed by atoms with Crippen molar-refractivity contribution < 1.29 is 4.39 Å². The zero-order valence-electron chi connectivity index (χ0n) is 7.61. The summed E-state index contributed by atoms with van der Waals surface area (Å²) in [5.41, 5.74) is 0. The topological polar surface area (TPSA) is 0 Å². The number of rotatable bonds is 6. The SMILES string of the molecule is CCCCCCC(F)CC.I. The summed E-state index contributed by atoms with van der Waals surface area (Å²) < 4.78 is 12.6. The first-order valence-corrected chi connectivity index (χ1v) is 4.45. The summed E-state index contributed by atoms with van der Waals surface area (Å²) in [5.74, 6) is 0. The molecule has 0 N–H and O–H groups in total. The van der Waals surface area contributed by atoms with Crippen LogP contribution in [0.5, 0.6) is 0 Å². The van der Waals surface area contributed by atoms with Gasteiger partial charge in [0.25, 0.3) is 0 Å². The van der Waals surface area contributed by atoms with Crippen LogP contribution in [0.4, 0.5) is 4.39 Å². The Morgan fingerprint density at radius 1 is 1.09 bits per heavy atom. The first kappa shape index (κ1) is 14.2. The fourth-order valence-electron chi connectivity index (χ4n) is 0.997. The van der Waals surface area contributed by atoms with Gasteiger partial charge in [-0.15, -0.1) is 24.0 Å². The fourth-order valence-corrected chi connectivity index (χ4v) is 0.997. The van der Waals surface area contributed by atoms with Crippen molar-refractivity contribution in [2.75, 3.05) is 0 Å². The minimum Gasteiger partial charge on any atom is -0.248 e. The van der Waals surface area contributed by atoms with E-state index in [-0.39, 0.29) is 24.0 Å². The summed E-state index contributed by atoms with van der Waals surface area (Å²) in [6.07, 6.45) is 5.69. The highest BCUT2D eigenvalue weighted by molar-refractivity contribution is 14.0. The predicted molar refractivity (Wildman–Crippen MR) is 59.4 cm³/mol. The average molecular weight is 274 g/mol. The first-order valence-electron chi connectivity index (χ1n) is 4.45. The second-order valence-electron chi connectivity index (χ2n) is 2.85. The summed E-state index contributed by atoms with van der Waals surface area (Å²) in [6.45, 7) is 4.08. The van der Waals surface area contributed by atoms with Gasteiger partial charge in [0, 0.05) is 0 Å². The minimum atomic E-state index is -0.545. The number of hydrogen-bond acceptors (Lipinski definition) is 0. The molecule has 2 heteroatoms. The molecule has 0 nitrogen and oxygen atoms in total. The summed E-state index contributed by atoms with van der Waals surface area (Å²) in [6, 6.07) is 0. The third-order valence-electron chi connectivity index (χ3n) is 1.81. The van der Waals surface area contributed by atoms with Crippen molar-refractivity contribution in [2.24, 2.45) is 0 Å². The van der Waals surface area contributed by atoms with Crippen LogP contribution in [0.25, 0.3) is 0 Å². The molecule has 0 saturated carbocycles. The average Bonchev–Trinajstić information content (AvgIpc) is 1.98. The van der Waals surface area contributed by atoms with Gasteiger partial charge in [-0.25, -0.2) is 4.39 Å². The number of unbranched alkanes of at least 4 members (excludes halogenated alkanes) is 3. The van der Waals surface area contributed by atoms with Crippen molar-refractivity contribution in [3.8, 4) is 0 Å². The Morgan fingerprint density at radius 2 is 1.73 bits per heavy atom. The highest BCUT2D eigenvalue weighted by Crippen LogP contribution is 2.09. The lowest BCUT2D eigenvalue weighted by Crippen LogP contribution is -1.96. The van der Waals surface area contributed by atoms with Crippen LogP contribution in [-0.2, 0) is 0 Å². The Morgan fingerprint density at radius 3 is 2.18 bits per heavy atom. The molecule has 1 atom stereocenters. The lowest BCUT2D eigenvalue weighted by molar-refractivity contribution is 0.296. The molecule has 0 amide bonds. The first-order chi connectivity index (χ1) is 4.81. The van der Waals surface area contributed by atoms with Crippen LogP contribution in [0.1, 0.15) is 52.4 Å². The smallest absolute Gasteiger partial charge is 0.0999 e. The van der Waals surface area contributed by atoms with E-state index >= 15 is 0 Å². The molecule has 0 radical (unpaired) electrons. The van der Waals surface area contributed by atoms with E-state index in [2.05, 4.69) is 6.92 Å². The molecule has 0 heterocycles. The molecule has 1 unspecified atom stereocenters. The summed E-state index contributed by atoms with van der Waals surface area (Å²) in [7, 11) is 0. The quantitative estimate of drug-likeness (QED) is 0.499. The molecule has 0 aliphatic rings. The maximum atomic E-state index is 12.6. The van der Waals surface area contributed by atoms with E-state index in [4.69, 9.17) is 0 Å². The molecule has 0 aromatic rings. The lowest BCUT2D eigenvalue weighted by Gasteiger charge is -2.02. The van der Waals surface area contributed by atoms with Crippen LogP contribution in [0.2, 0.25) is 0 Å². The van der Waals surface area contributed by atoms with Gasteiger partial charge in [-0.1, -0.05) is 39.5 Å². The summed E-state index contributed by atoms with van der Waals surface area (Å²) in [4.78, 5) is 0. The highest BCUT2D eigenvalue weighted by atomic mass is 127. The molecule has 0 rings (SSSR count). The van der Waals surface area contributed by atoms with Crippen molar-refractivity contribution in [1.82, 2.24) is 0 Å². The number of hydrogen-bond donors (Lipinski definition) is 0. The van der Waals surface area contributed by atoms with E-state index in [0.717, 1.165) is 12.8 Å². The second kappa shape index (κ2) is 10.7. The van der Waals surface area contributed by atoms with Crippen LogP contribution in [0.3, 0.4) is 0 Å². The monoisotopic (exact) mass is 274 g/mol. The molecular weight excluding hydrogens is 254 g/mol. The van der Waals surface area contributed by atoms with Gasteiger partial charge in [-0.05, 0) is 12.8 Å². The Labute approximate surface area is 87.0 Å². The van der Waals surface area contributed by atoms with Gasteiger partial charge >= 0.3 is 0 Å². The molecule has 0 spiro atoms. The van der Waals surface area contributed by atoms with Crippen LogP contribution >= 0.6 is 24.0 Å². The van der Waals surface area contributed by atoms with Crippen molar-refractivity contribution in [3.63, 3.8) is 0 Å². The minimum absolute atomic E-state index is 0. The van der Waals surface area contributed by atoms with Crippen LogP contribution in [0.15, 0.2) is 0 Å². The Bertz CT molecular complexity index is 66.6. The fraction of sp³-hybridized carbons (Fsp3) is 1.00. The molecule has 70 valence electrons. The summed E-state index contributed by atoms with van der Waals surface area (Å²) >= 11 is 0. The second-order valence-corrected chi connectivity index (χ2v) is 2.85. The van der Waals surface area contributed by atoms with E-state index < -0.39 is 6.17 Å². The van der Waals surface area contributed by atoms with Crippen molar-refractivity contribution >= 4 is 24.0 Å². The predicted octanol–water partition coefficient (Wildman–Crippen LogP) is 4.32. The van der Waals surface area contributed by atoms with Crippen molar-refractivity contribution in [2.45, 2.75) is 58.5 Å². The molecule has 0 saturated heterocycles. The van der Waals surface area contributed by atoms with E-state index in [1.54, 1.807) is 0 Å². The van der Waals surface area contributed by atoms with E-state index in [1.807, 2.05) is 6.92 Å². The van der Waals surface area contributed by atoms with Crippen molar-refractivity contribution in [1.29, 1.82) is 0 Å². The lowest BCUT2D eigenvalue weighted by atomic mass is 10.1. The molecule has 0 aliphatic carbocycles. The highest BCUT2D eigenvalue weighted by Gasteiger charge is 2.00. The molecule has 11 heavy (non-hydrogen) atoms. The number of alkyl halides is 1. The van der Waals surface area contributed by atoms with E-state index in [0.29, 0.717) is 6.42 Å². The Hall–Kier alpha value is 0.660. The molecular formula is C9H20FI.